The van der Waals surface area contributed by atoms with Gasteiger partial charge in [-0.15, -0.1) is 11.3 Å². The van der Waals surface area contributed by atoms with Crippen LogP contribution in [0, 0.1) is 0 Å². The maximum absolute atomic E-state index is 12.9. The summed E-state index contributed by atoms with van der Waals surface area (Å²) in [5.74, 6) is 0.933. The highest BCUT2D eigenvalue weighted by Gasteiger charge is 2.27. The molecule has 1 saturated heterocycles. The summed E-state index contributed by atoms with van der Waals surface area (Å²) in [6.45, 7) is 9.17. The first-order valence-electron chi connectivity index (χ1n) is 13.7. The summed E-state index contributed by atoms with van der Waals surface area (Å²) in [5.41, 5.74) is 4.25. The Hall–Kier alpha value is -3.39. The summed E-state index contributed by atoms with van der Waals surface area (Å²) in [4.78, 5) is 31.7. The van der Waals surface area contributed by atoms with Gasteiger partial charge >= 0.3 is 6.09 Å². The van der Waals surface area contributed by atoms with Gasteiger partial charge in [-0.05, 0) is 87.8 Å². The number of hydrogen-bond acceptors (Lipinski definition) is 6. The predicted octanol–water partition coefficient (Wildman–Crippen LogP) is 7.53. The summed E-state index contributed by atoms with van der Waals surface area (Å²) in [5, 5.41) is 5.44. The van der Waals surface area contributed by atoms with Crippen LogP contribution >= 0.6 is 11.3 Å². The van der Waals surface area contributed by atoms with E-state index >= 15 is 0 Å². The molecule has 1 aliphatic heterocycles. The summed E-state index contributed by atoms with van der Waals surface area (Å²) < 4.78 is 11.1. The molecule has 0 aliphatic carbocycles. The van der Waals surface area contributed by atoms with E-state index in [9.17, 15) is 9.59 Å². The number of unbranched alkanes of at least 4 members (excludes halogenated alkanes) is 1. The largest absolute Gasteiger partial charge is 0.496 e. The molecule has 3 aromatic rings. The van der Waals surface area contributed by atoms with Crippen LogP contribution in [0.2, 0.25) is 0 Å². The third-order valence-electron chi connectivity index (χ3n) is 6.87. The average Bonchev–Trinajstić information content (AvgIpc) is 3.39. The Balaban J connectivity index is 1.36. The quantitative estimate of drug-likeness (QED) is 0.314. The Kier molecular flexibility index (Phi) is 9.28. The van der Waals surface area contributed by atoms with Crippen LogP contribution in [0.5, 0.6) is 5.75 Å². The van der Waals surface area contributed by atoms with Gasteiger partial charge in [0.15, 0.2) is 5.13 Å². The summed E-state index contributed by atoms with van der Waals surface area (Å²) in [7, 11) is 1.66. The Bertz CT molecular complexity index is 1270. The van der Waals surface area contributed by atoms with Crippen LogP contribution in [0.4, 0.5) is 9.93 Å². The highest BCUT2D eigenvalue weighted by molar-refractivity contribution is 7.14. The van der Waals surface area contributed by atoms with Crippen LogP contribution in [0.25, 0.3) is 11.3 Å². The van der Waals surface area contributed by atoms with Crippen molar-refractivity contribution in [2.45, 2.75) is 71.3 Å². The number of ether oxygens (including phenoxy) is 2. The van der Waals surface area contributed by atoms with Gasteiger partial charge in [0.1, 0.15) is 11.4 Å². The van der Waals surface area contributed by atoms with E-state index in [1.165, 1.54) is 22.5 Å². The van der Waals surface area contributed by atoms with E-state index in [1.54, 1.807) is 12.0 Å². The lowest BCUT2D eigenvalue weighted by Crippen LogP contribution is -2.41. The molecule has 0 radical (unpaired) electrons. The number of aryl methyl sites for hydroxylation is 1. The molecule has 0 unspecified atom stereocenters. The molecule has 1 N–H and O–H groups in total. The number of benzene rings is 2. The zero-order valence-corrected chi connectivity index (χ0v) is 24.4. The first-order chi connectivity index (χ1) is 18.7. The fourth-order valence-corrected chi connectivity index (χ4v) is 5.45. The fourth-order valence-electron chi connectivity index (χ4n) is 4.74. The van der Waals surface area contributed by atoms with Gasteiger partial charge in [0.2, 0.25) is 0 Å². The summed E-state index contributed by atoms with van der Waals surface area (Å²) in [6.07, 6.45) is 4.78. The van der Waals surface area contributed by atoms with E-state index in [2.05, 4.69) is 29.4 Å². The molecular weight excluding hydrogens is 510 g/mol. The van der Waals surface area contributed by atoms with Crippen molar-refractivity contribution in [2.24, 2.45) is 0 Å². The minimum atomic E-state index is -0.489. The van der Waals surface area contributed by atoms with Gasteiger partial charge in [-0.3, -0.25) is 10.1 Å². The molecule has 2 aromatic carbocycles. The average molecular weight is 550 g/mol. The van der Waals surface area contributed by atoms with Crippen molar-refractivity contribution in [3.05, 3.63) is 64.5 Å². The molecule has 4 rings (SSSR count). The van der Waals surface area contributed by atoms with Crippen LogP contribution in [0.3, 0.4) is 0 Å². The Labute approximate surface area is 235 Å². The van der Waals surface area contributed by atoms with Gasteiger partial charge < -0.3 is 14.4 Å². The van der Waals surface area contributed by atoms with E-state index in [-0.39, 0.29) is 12.0 Å². The van der Waals surface area contributed by atoms with E-state index in [4.69, 9.17) is 9.47 Å². The minimum absolute atomic E-state index is 0.189. The van der Waals surface area contributed by atoms with E-state index in [0.717, 1.165) is 49.1 Å². The van der Waals surface area contributed by atoms with Crippen molar-refractivity contribution >= 4 is 28.5 Å². The zero-order valence-electron chi connectivity index (χ0n) is 23.6. The van der Waals surface area contributed by atoms with Crippen molar-refractivity contribution in [3.8, 4) is 17.0 Å². The zero-order chi connectivity index (χ0) is 28.0. The summed E-state index contributed by atoms with van der Waals surface area (Å²) in [6, 6.07) is 14.0. The molecule has 1 aromatic heterocycles. The molecule has 2 amide bonds. The molecule has 0 atom stereocenters. The Morgan fingerprint density at radius 2 is 1.82 bits per heavy atom. The normalized spacial score (nSPS) is 14.2. The standard InChI is InChI=1S/C31H39N3O4S/c1-6-7-8-21-9-14-27(37-5)25(19-21)26-20-39-29(32-26)33-28(35)24-12-10-22(11-13-24)23-15-17-34(18-16-23)30(36)38-31(2,3)4/h9-14,19-20,23H,6-8,15-18H2,1-5H3,(H,32,33,35). The number of amides is 2. The number of aromatic nitrogens is 1. The number of piperidine rings is 1. The number of hydrogen-bond donors (Lipinski definition) is 1. The second kappa shape index (κ2) is 12.6. The van der Waals surface area contributed by atoms with Gasteiger partial charge in [0, 0.05) is 29.6 Å². The maximum atomic E-state index is 12.9. The molecule has 208 valence electrons. The van der Waals surface area contributed by atoms with Crippen LogP contribution in [0.1, 0.15) is 80.8 Å². The molecule has 8 heteroatoms. The van der Waals surface area contributed by atoms with Gasteiger partial charge in [0.05, 0.1) is 12.8 Å². The van der Waals surface area contributed by atoms with Gasteiger partial charge in [-0.25, -0.2) is 9.78 Å². The van der Waals surface area contributed by atoms with Crippen molar-refractivity contribution in [2.75, 3.05) is 25.5 Å². The van der Waals surface area contributed by atoms with Crippen molar-refractivity contribution in [1.29, 1.82) is 0 Å². The highest BCUT2D eigenvalue weighted by Crippen LogP contribution is 2.34. The number of rotatable bonds is 8. The number of methoxy groups -OCH3 is 1. The number of anilines is 1. The molecule has 1 fully saturated rings. The van der Waals surface area contributed by atoms with Crippen LogP contribution in [0.15, 0.2) is 47.8 Å². The van der Waals surface area contributed by atoms with Crippen molar-refractivity contribution in [3.63, 3.8) is 0 Å². The topological polar surface area (TPSA) is 80.8 Å². The lowest BCUT2D eigenvalue weighted by atomic mass is 9.89. The lowest BCUT2D eigenvalue weighted by molar-refractivity contribution is 0.0204. The van der Waals surface area contributed by atoms with E-state index in [0.29, 0.717) is 29.7 Å². The first kappa shape index (κ1) is 28.6. The number of nitrogens with one attached hydrogen (secondary N) is 1. The first-order valence-corrected chi connectivity index (χ1v) is 14.6. The monoisotopic (exact) mass is 549 g/mol. The van der Waals surface area contributed by atoms with Crippen molar-refractivity contribution in [1.82, 2.24) is 9.88 Å². The highest BCUT2D eigenvalue weighted by atomic mass is 32.1. The third-order valence-corrected chi connectivity index (χ3v) is 7.63. The molecule has 2 heterocycles. The maximum Gasteiger partial charge on any atom is 0.410 e. The third kappa shape index (κ3) is 7.60. The van der Waals surface area contributed by atoms with Gasteiger partial charge in [-0.2, -0.15) is 0 Å². The van der Waals surface area contributed by atoms with E-state index in [1.807, 2.05) is 56.5 Å². The number of thiazole rings is 1. The summed E-state index contributed by atoms with van der Waals surface area (Å²) >= 11 is 1.40. The van der Waals surface area contributed by atoms with Gasteiger partial charge in [-0.1, -0.05) is 31.5 Å². The fraction of sp³-hybridized carbons (Fsp3) is 0.452. The van der Waals surface area contributed by atoms with Crippen LogP contribution < -0.4 is 10.1 Å². The van der Waals surface area contributed by atoms with Gasteiger partial charge in [0.25, 0.3) is 5.91 Å². The Morgan fingerprint density at radius 1 is 1.10 bits per heavy atom. The second-order valence-electron chi connectivity index (χ2n) is 11.0. The minimum Gasteiger partial charge on any atom is -0.496 e. The molecule has 39 heavy (non-hydrogen) atoms. The number of carbonyl (C=O) groups excluding carboxylic acids is 2. The number of likely N-dealkylation sites (tertiary alicyclic amines) is 1. The Morgan fingerprint density at radius 3 is 2.46 bits per heavy atom. The molecular formula is C31H39N3O4S. The van der Waals surface area contributed by atoms with E-state index < -0.39 is 5.60 Å². The van der Waals surface area contributed by atoms with Crippen LogP contribution in [-0.2, 0) is 11.2 Å². The molecule has 0 bridgehead atoms. The number of nitrogens with zero attached hydrogens (tertiary/aromatic N) is 2. The molecule has 1 aliphatic rings. The molecule has 7 nitrogen and oxygen atoms in total. The predicted molar refractivity (Wildman–Crippen MR) is 157 cm³/mol. The molecule has 0 saturated carbocycles. The molecule has 0 spiro atoms. The lowest BCUT2D eigenvalue weighted by Gasteiger charge is -2.33. The SMILES string of the molecule is CCCCc1ccc(OC)c(-c2csc(NC(=O)c3ccc(C4CCN(C(=O)OC(C)(C)C)CC4)cc3)n2)c1. The number of carbonyl (C=O) groups is 2. The van der Waals surface area contributed by atoms with Crippen LogP contribution in [-0.4, -0.2) is 47.7 Å². The van der Waals surface area contributed by atoms with Crippen molar-refractivity contribution < 1.29 is 19.1 Å². The smallest absolute Gasteiger partial charge is 0.410 e. The second-order valence-corrected chi connectivity index (χ2v) is 11.9.